The molecule has 0 aliphatic rings. The molecule has 0 bridgehead atoms. The Labute approximate surface area is 111 Å². The average molecular weight is 255 g/mol. The van der Waals surface area contributed by atoms with E-state index in [1.807, 2.05) is 25.3 Å². The topological polar surface area (TPSA) is 48.7 Å². The summed E-state index contributed by atoms with van der Waals surface area (Å²) in [5.41, 5.74) is 3.28. The second-order valence-corrected chi connectivity index (χ2v) is 4.33. The number of hydrogen-bond acceptors (Lipinski definition) is 3. The highest BCUT2D eigenvalue weighted by Gasteiger charge is 2.03. The van der Waals surface area contributed by atoms with Crippen LogP contribution in [0.2, 0.25) is 0 Å². The lowest BCUT2D eigenvalue weighted by Gasteiger charge is -2.07. The van der Waals surface area contributed by atoms with E-state index in [0.29, 0.717) is 13.1 Å². The maximum atomic E-state index is 13.2. The van der Waals surface area contributed by atoms with Gasteiger partial charge in [0.05, 0.1) is 5.56 Å². The maximum Gasteiger partial charge on any atom is 0.140 e. The quantitative estimate of drug-likeness (QED) is 0.913. The van der Waals surface area contributed by atoms with Crippen molar-refractivity contribution in [2.24, 2.45) is 0 Å². The van der Waals surface area contributed by atoms with Crippen LogP contribution in [0.3, 0.4) is 0 Å². The molecule has 96 valence electrons. The van der Waals surface area contributed by atoms with Crippen LogP contribution in [0.1, 0.15) is 22.3 Å². The second-order valence-electron chi connectivity index (χ2n) is 4.33. The largest absolute Gasteiger partial charge is 0.309 e. The molecular formula is C15H14FN3. The zero-order valence-electron chi connectivity index (χ0n) is 10.7. The fraction of sp³-hybridized carbons (Fsp3) is 0.200. The van der Waals surface area contributed by atoms with Crippen LogP contribution < -0.4 is 5.32 Å². The molecule has 19 heavy (non-hydrogen) atoms. The van der Waals surface area contributed by atoms with Gasteiger partial charge in [-0.15, -0.1) is 0 Å². The highest BCUT2D eigenvalue weighted by atomic mass is 19.1. The number of pyridine rings is 1. The summed E-state index contributed by atoms with van der Waals surface area (Å²) in [6, 6.07) is 8.37. The molecule has 1 aromatic heterocycles. The molecule has 2 rings (SSSR count). The zero-order valence-corrected chi connectivity index (χ0v) is 10.7. The van der Waals surface area contributed by atoms with Gasteiger partial charge in [-0.2, -0.15) is 5.26 Å². The molecule has 0 fully saturated rings. The normalized spacial score (nSPS) is 10.2. The maximum absolute atomic E-state index is 13.2. The van der Waals surface area contributed by atoms with E-state index in [9.17, 15) is 4.39 Å². The Kier molecular flexibility index (Phi) is 4.22. The Morgan fingerprint density at radius 1 is 1.32 bits per heavy atom. The summed E-state index contributed by atoms with van der Waals surface area (Å²) in [4.78, 5) is 4.08. The summed E-state index contributed by atoms with van der Waals surface area (Å²) < 4.78 is 13.2. The van der Waals surface area contributed by atoms with Gasteiger partial charge in [-0.1, -0.05) is 6.07 Å². The number of rotatable bonds is 4. The van der Waals surface area contributed by atoms with Crippen LogP contribution >= 0.6 is 0 Å². The Balaban J connectivity index is 1.97. The zero-order chi connectivity index (χ0) is 13.7. The van der Waals surface area contributed by atoms with E-state index < -0.39 is 5.82 Å². The Bertz CT molecular complexity index is 617. The number of aromatic nitrogens is 1. The molecule has 1 heterocycles. The van der Waals surface area contributed by atoms with Crippen LogP contribution in [0.4, 0.5) is 4.39 Å². The molecule has 0 amide bonds. The first kappa shape index (κ1) is 13.2. The van der Waals surface area contributed by atoms with Crippen molar-refractivity contribution in [3.63, 3.8) is 0 Å². The number of aryl methyl sites for hydroxylation is 1. The lowest BCUT2D eigenvalue weighted by Crippen LogP contribution is -2.13. The van der Waals surface area contributed by atoms with E-state index in [-0.39, 0.29) is 5.56 Å². The van der Waals surface area contributed by atoms with E-state index in [0.717, 1.165) is 11.1 Å². The molecule has 0 saturated carbocycles. The van der Waals surface area contributed by atoms with Crippen molar-refractivity contribution in [2.45, 2.75) is 20.0 Å². The summed E-state index contributed by atoms with van der Waals surface area (Å²) >= 11 is 0. The van der Waals surface area contributed by atoms with E-state index in [1.165, 1.54) is 11.6 Å². The van der Waals surface area contributed by atoms with Gasteiger partial charge in [0, 0.05) is 25.5 Å². The third-order valence-electron chi connectivity index (χ3n) is 2.94. The van der Waals surface area contributed by atoms with E-state index in [1.54, 1.807) is 18.3 Å². The third kappa shape index (κ3) is 3.36. The number of nitrogens with one attached hydrogen (secondary N) is 1. The molecule has 0 spiro atoms. The smallest absolute Gasteiger partial charge is 0.140 e. The van der Waals surface area contributed by atoms with Crippen molar-refractivity contribution < 1.29 is 4.39 Å². The first-order chi connectivity index (χ1) is 9.20. The van der Waals surface area contributed by atoms with E-state index in [2.05, 4.69) is 10.3 Å². The Hall–Kier alpha value is -2.25. The molecule has 1 N–H and O–H groups in total. The lowest BCUT2D eigenvalue weighted by atomic mass is 10.1. The number of benzene rings is 1. The molecule has 3 nitrogen and oxygen atoms in total. The van der Waals surface area contributed by atoms with Crippen LogP contribution in [0.15, 0.2) is 36.7 Å². The predicted octanol–water partition coefficient (Wildman–Crippen LogP) is 2.69. The number of nitriles is 1. The molecule has 2 aromatic rings. The summed E-state index contributed by atoms with van der Waals surface area (Å²) in [7, 11) is 0. The summed E-state index contributed by atoms with van der Waals surface area (Å²) in [6.07, 6.45) is 3.59. The summed E-state index contributed by atoms with van der Waals surface area (Å²) in [5, 5.41) is 12.0. The fourth-order valence-corrected chi connectivity index (χ4v) is 1.79. The molecule has 0 aliphatic carbocycles. The first-order valence-corrected chi connectivity index (χ1v) is 5.99. The van der Waals surface area contributed by atoms with Gasteiger partial charge in [-0.05, 0) is 41.8 Å². The standard InChI is InChI=1S/C15H14FN3/c1-11-4-5-18-9-14(11)10-19-8-12-2-3-15(16)13(6-12)7-17/h2-6,9,19H,8,10H2,1H3. The van der Waals surface area contributed by atoms with Gasteiger partial charge in [-0.3, -0.25) is 4.98 Å². The van der Waals surface area contributed by atoms with Crippen molar-refractivity contribution in [2.75, 3.05) is 0 Å². The van der Waals surface area contributed by atoms with Crippen LogP contribution in [0.5, 0.6) is 0 Å². The highest BCUT2D eigenvalue weighted by Crippen LogP contribution is 2.10. The van der Waals surface area contributed by atoms with Gasteiger partial charge in [-0.25, -0.2) is 4.39 Å². The molecule has 0 radical (unpaired) electrons. The van der Waals surface area contributed by atoms with Gasteiger partial charge in [0.25, 0.3) is 0 Å². The summed E-state index contributed by atoms with van der Waals surface area (Å²) in [5.74, 6) is -0.477. The summed E-state index contributed by atoms with van der Waals surface area (Å²) in [6.45, 7) is 3.31. The van der Waals surface area contributed by atoms with Gasteiger partial charge >= 0.3 is 0 Å². The third-order valence-corrected chi connectivity index (χ3v) is 2.94. The molecule has 0 saturated heterocycles. The van der Waals surface area contributed by atoms with Gasteiger partial charge in [0.1, 0.15) is 11.9 Å². The van der Waals surface area contributed by atoms with Crippen LogP contribution in [0, 0.1) is 24.1 Å². The number of hydrogen-bond donors (Lipinski definition) is 1. The van der Waals surface area contributed by atoms with Crippen molar-refractivity contribution in [3.05, 3.63) is 64.7 Å². The van der Waals surface area contributed by atoms with Gasteiger partial charge in [0.15, 0.2) is 0 Å². The van der Waals surface area contributed by atoms with Gasteiger partial charge in [0.2, 0.25) is 0 Å². The molecule has 4 heteroatoms. The van der Waals surface area contributed by atoms with Crippen LogP contribution in [0.25, 0.3) is 0 Å². The van der Waals surface area contributed by atoms with E-state index >= 15 is 0 Å². The minimum absolute atomic E-state index is 0.0804. The highest BCUT2D eigenvalue weighted by molar-refractivity contribution is 5.34. The predicted molar refractivity (Wildman–Crippen MR) is 70.6 cm³/mol. The Morgan fingerprint density at radius 2 is 2.16 bits per heavy atom. The Morgan fingerprint density at radius 3 is 2.89 bits per heavy atom. The molecule has 1 aromatic carbocycles. The van der Waals surface area contributed by atoms with Crippen molar-refractivity contribution >= 4 is 0 Å². The minimum atomic E-state index is -0.477. The number of halogens is 1. The molecular weight excluding hydrogens is 241 g/mol. The van der Waals surface area contributed by atoms with Crippen molar-refractivity contribution in [1.29, 1.82) is 5.26 Å². The fourth-order valence-electron chi connectivity index (χ4n) is 1.79. The SMILES string of the molecule is Cc1ccncc1CNCc1ccc(F)c(C#N)c1. The van der Waals surface area contributed by atoms with Crippen molar-refractivity contribution in [3.8, 4) is 6.07 Å². The van der Waals surface area contributed by atoms with Crippen LogP contribution in [-0.2, 0) is 13.1 Å². The second kappa shape index (κ2) is 6.07. The van der Waals surface area contributed by atoms with Crippen LogP contribution in [-0.4, -0.2) is 4.98 Å². The van der Waals surface area contributed by atoms with Crippen molar-refractivity contribution in [1.82, 2.24) is 10.3 Å². The number of nitrogens with zero attached hydrogens (tertiary/aromatic N) is 2. The van der Waals surface area contributed by atoms with E-state index in [4.69, 9.17) is 5.26 Å². The lowest BCUT2D eigenvalue weighted by molar-refractivity contribution is 0.621. The molecule has 0 atom stereocenters. The average Bonchev–Trinajstić information content (AvgIpc) is 2.43. The minimum Gasteiger partial charge on any atom is -0.309 e. The molecule has 0 unspecified atom stereocenters. The molecule has 0 aliphatic heterocycles. The van der Waals surface area contributed by atoms with Gasteiger partial charge < -0.3 is 5.32 Å². The first-order valence-electron chi connectivity index (χ1n) is 5.99. The monoisotopic (exact) mass is 255 g/mol.